The van der Waals surface area contributed by atoms with E-state index in [9.17, 15) is 4.79 Å². The Bertz CT molecular complexity index is 430. The average Bonchev–Trinajstić information content (AvgIpc) is 2.34. The summed E-state index contributed by atoms with van der Waals surface area (Å²) in [5.41, 5.74) is 0.369. The number of carbonyl (C=O) groups is 1. The van der Waals surface area contributed by atoms with Crippen molar-refractivity contribution in [1.82, 2.24) is 10.2 Å². The van der Waals surface area contributed by atoms with E-state index in [0.717, 1.165) is 18.5 Å². The summed E-state index contributed by atoms with van der Waals surface area (Å²) < 4.78 is 0. The summed E-state index contributed by atoms with van der Waals surface area (Å²) >= 11 is 5.98. The number of amides is 1. The van der Waals surface area contributed by atoms with Crippen LogP contribution < -0.4 is 5.32 Å². The molecule has 0 aromatic heterocycles. The van der Waals surface area contributed by atoms with Crippen LogP contribution in [0.2, 0.25) is 5.02 Å². The standard InChI is InChI=1S/C15H23ClN2O/c1-15(2,12-7-5-8-13(16)11-12)14(19)17-9-6-10-18(3)4/h5,7-8,11H,6,9-10H2,1-4H3,(H,17,19). The molecule has 19 heavy (non-hydrogen) atoms. The summed E-state index contributed by atoms with van der Waals surface area (Å²) in [5, 5.41) is 3.65. The molecule has 0 radical (unpaired) electrons. The van der Waals surface area contributed by atoms with Gasteiger partial charge in [-0.05, 0) is 58.6 Å². The van der Waals surface area contributed by atoms with Crippen molar-refractivity contribution in [3.8, 4) is 0 Å². The predicted octanol–water partition coefficient (Wildman–Crippen LogP) is 2.69. The van der Waals surface area contributed by atoms with E-state index in [0.29, 0.717) is 11.6 Å². The first-order chi connectivity index (χ1) is 8.84. The number of nitrogens with one attached hydrogen (secondary N) is 1. The fourth-order valence-corrected chi connectivity index (χ4v) is 2.02. The number of nitrogens with zero attached hydrogens (tertiary/aromatic N) is 1. The van der Waals surface area contributed by atoms with Crippen LogP contribution in [0.4, 0.5) is 0 Å². The minimum Gasteiger partial charge on any atom is -0.355 e. The number of hydrogen-bond donors (Lipinski definition) is 1. The minimum absolute atomic E-state index is 0.0357. The van der Waals surface area contributed by atoms with Crippen LogP contribution in [0, 0.1) is 0 Å². The lowest BCUT2D eigenvalue weighted by Crippen LogP contribution is -2.41. The molecule has 0 bridgehead atoms. The third kappa shape index (κ3) is 4.84. The van der Waals surface area contributed by atoms with Crippen LogP contribution in [0.3, 0.4) is 0 Å². The van der Waals surface area contributed by atoms with E-state index >= 15 is 0 Å². The van der Waals surface area contributed by atoms with Crippen molar-refractivity contribution in [2.45, 2.75) is 25.7 Å². The minimum atomic E-state index is -0.566. The maximum absolute atomic E-state index is 12.3. The Kier molecular flexibility index (Phi) is 5.83. The van der Waals surface area contributed by atoms with Crippen molar-refractivity contribution >= 4 is 17.5 Å². The molecule has 106 valence electrons. The topological polar surface area (TPSA) is 32.3 Å². The first-order valence-corrected chi connectivity index (χ1v) is 6.91. The van der Waals surface area contributed by atoms with Gasteiger partial charge >= 0.3 is 0 Å². The zero-order valence-electron chi connectivity index (χ0n) is 12.2. The molecule has 0 saturated heterocycles. The summed E-state index contributed by atoms with van der Waals surface area (Å²) in [6.07, 6.45) is 0.949. The number of carbonyl (C=O) groups excluding carboxylic acids is 1. The molecule has 4 heteroatoms. The van der Waals surface area contributed by atoms with Gasteiger partial charge in [-0.1, -0.05) is 23.7 Å². The van der Waals surface area contributed by atoms with Gasteiger partial charge in [0, 0.05) is 11.6 Å². The molecule has 0 fully saturated rings. The number of halogens is 1. The van der Waals surface area contributed by atoms with Gasteiger partial charge in [0.25, 0.3) is 0 Å². The molecule has 3 nitrogen and oxygen atoms in total. The van der Waals surface area contributed by atoms with Crippen molar-refractivity contribution in [3.05, 3.63) is 34.9 Å². The van der Waals surface area contributed by atoms with Gasteiger partial charge in [-0.2, -0.15) is 0 Å². The maximum atomic E-state index is 12.3. The number of rotatable bonds is 6. The second-order valence-corrected chi connectivity index (χ2v) is 5.98. The van der Waals surface area contributed by atoms with Gasteiger partial charge in [0.15, 0.2) is 0 Å². The number of benzene rings is 1. The normalized spacial score (nSPS) is 11.7. The van der Waals surface area contributed by atoms with Gasteiger partial charge < -0.3 is 10.2 Å². The van der Waals surface area contributed by atoms with Crippen molar-refractivity contribution in [1.29, 1.82) is 0 Å². The van der Waals surface area contributed by atoms with E-state index in [1.54, 1.807) is 0 Å². The highest BCUT2D eigenvalue weighted by molar-refractivity contribution is 6.30. The average molecular weight is 283 g/mol. The van der Waals surface area contributed by atoms with Crippen LogP contribution in [0.5, 0.6) is 0 Å². The predicted molar refractivity (Wildman–Crippen MR) is 80.7 cm³/mol. The molecule has 0 spiro atoms. The van der Waals surface area contributed by atoms with Crippen molar-refractivity contribution in [2.24, 2.45) is 0 Å². The molecule has 1 rings (SSSR count). The molecule has 0 aliphatic rings. The molecule has 0 aliphatic heterocycles. The summed E-state index contributed by atoms with van der Waals surface area (Å²) in [6.45, 7) is 5.50. The van der Waals surface area contributed by atoms with Crippen LogP contribution in [0.25, 0.3) is 0 Å². The Labute approximate surface area is 120 Å². The Balaban J connectivity index is 2.59. The Morgan fingerprint density at radius 1 is 1.37 bits per heavy atom. The second-order valence-electron chi connectivity index (χ2n) is 5.55. The third-order valence-corrected chi connectivity index (χ3v) is 3.42. The summed E-state index contributed by atoms with van der Waals surface area (Å²) in [6, 6.07) is 7.47. The molecule has 0 unspecified atom stereocenters. The van der Waals surface area contributed by atoms with Crippen molar-refractivity contribution < 1.29 is 4.79 Å². The summed E-state index contributed by atoms with van der Waals surface area (Å²) in [4.78, 5) is 14.4. The van der Waals surface area contributed by atoms with Crippen molar-refractivity contribution in [3.63, 3.8) is 0 Å². The zero-order valence-corrected chi connectivity index (χ0v) is 12.9. The maximum Gasteiger partial charge on any atom is 0.230 e. The van der Waals surface area contributed by atoms with Gasteiger partial charge in [0.1, 0.15) is 0 Å². The lowest BCUT2D eigenvalue weighted by molar-refractivity contribution is -0.125. The highest BCUT2D eigenvalue weighted by atomic mass is 35.5. The molecule has 1 aromatic rings. The van der Waals surface area contributed by atoms with E-state index in [1.807, 2.05) is 52.2 Å². The molecular formula is C15H23ClN2O. The SMILES string of the molecule is CN(C)CCCNC(=O)C(C)(C)c1cccc(Cl)c1. The van der Waals surface area contributed by atoms with E-state index in [1.165, 1.54) is 0 Å². The fraction of sp³-hybridized carbons (Fsp3) is 0.533. The smallest absolute Gasteiger partial charge is 0.230 e. The quantitative estimate of drug-likeness (QED) is 0.814. The van der Waals surface area contributed by atoms with Crippen LogP contribution in [0.15, 0.2) is 24.3 Å². The van der Waals surface area contributed by atoms with Gasteiger partial charge in [0.2, 0.25) is 5.91 Å². The first kappa shape index (κ1) is 16.0. The monoisotopic (exact) mass is 282 g/mol. The Morgan fingerprint density at radius 3 is 2.63 bits per heavy atom. The molecule has 0 atom stereocenters. The summed E-state index contributed by atoms with van der Waals surface area (Å²) in [7, 11) is 4.05. The van der Waals surface area contributed by atoms with Gasteiger partial charge in [-0.25, -0.2) is 0 Å². The number of hydrogen-bond acceptors (Lipinski definition) is 2. The largest absolute Gasteiger partial charge is 0.355 e. The third-order valence-electron chi connectivity index (χ3n) is 3.18. The van der Waals surface area contributed by atoms with Crippen LogP contribution in [-0.4, -0.2) is 38.0 Å². The Morgan fingerprint density at radius 2 is 2.05 bits per heavy atom. The molecule has 0 aliphatic carbocycles. The molecule has 1 aromatic carbocycles. The fourth-order valence-electron chi connectivity index (χ4n) is 1.83. The molecule has 0 heterocycles. The van der Waals surface area contributed by atoms with Crippen LogP contribution >= 0.6 is 11.6 Å². The van der Waals surface area contributed by atoms with Crippen LogP contribution in [-0.2, 0) is 10.2 Å². The zero-order chi connectivity index (χ0) is 14.5. The van der Waals surface area contributed by atoms with Gasteiger partial charge in [-0.15, -0.1) is 0 Å². The molecule has 0 saturated carbocycles. The molecule has 1 N–H and O–H groups in total. The highest BCUT2D eigenvalue weighted by Gasteiger charge is 2.29. The van der Waals surface area contributed by atoms with Gasteiger partial charge in [0.05, 0.1) is 5.41 Å². The Hall–Kier alpha value is -1.06. The molecule has 1 amide bonds. The van der Waals surface area contributed by atoms with Gasteiger partial charge in [-0.3, -0.25) is 4.79 Å². The van der Waals surface area contributed by atoms with E-state index in [2.05, 4.69) is 10.2 Å². The second kappa shape index (κ2) is 6.92. The molecular weight excluding hydrogens is 260 g/mol. The lowest BCUT2D eigenvalue weighted by atomic mass is 9.84. The summed E-state index contributed by atoms with van der Waals surface area (Å²) in [5.74, 6) is 0.0357. The lowest BCUT2D eigenvalue weighted by Gasteiger charge is -2.24. The van der Waals surface area contributed by atoms with Crippen LogP contribution in [0.1, 0.15) is 25.8 Å². The highest BCUT2D eigenvalue weighted by Crippen LogP contribution is 2.25. The van der Waals surface area contributed by atoms with E-state index in [-0.39, 0.29) is 5.91 Å². The van der Waals surface area contributed by atoms with Crippen molar-refractivity contribution in [2.75, 3.05) is 27.2 Å². The van der Waals surface area contributed by atoms with E-state index < -0.39 is 5.41 Å². The first-order valence-electron chi connectivity index (χ1n) is 6.53. The van der Waals surface area contributed by atoms with E-state index in [4.69, 9.17) is 11.6 Å².